The van der Waals surface area contributed by atoms with Crippen LogP contribution in [0.25, 0.3) is 21.9 Å². The van der Waals surface area contributed by atoms with Gasteiger partial charge < -0.3 is 37.8 Å². The number of aromatic nitrogens is 4. The van der Waals surface area contributed by atoms with Gasteiger partial charge in [-0.25, -0.2) is 37.8 Å². The van der Waals surface area contributed by atoms with Crippen molar-refractivity contribution < 1.29 is 75.1 Å². The lowest BCUT2D eigenvalue weighted by molar-refractivity contribution is -0.154. The van der Waals surface area contributed by atoms with Crippen LogP contribution in [0.1, 0.15) is 62.3 Å². The molecule has 80 heavy (non-hydrogen) atoms. The van der Waals surface area contributed by atoms with Crippen molar-refractivity contribution in [1.29, 1.82) is 0 Å². The Labute approximate surface area is 449 Å². The Bertz CT molecular complexity index is 3420. The lowest BCUT2D eigenvalue weighted by atomic mass is 9.66. The number of cyclic esters (lactones) is 2. The lowest BCUT2D eigenvalue weighted by Gasteiger charge is -2.55. The summed E-state index contributed by atoms with van der Waals surface area (Å²) in [6, 6.07) is 8.66. The van der Waals surface area contributed by atoms with Gasteiger partial charge in [-0.15, -0.1) is 0 Å². The molecule has 412 valence electrons. The molecular weight excluding hydrogens is 1050 g/mol. The van der Waals surface area contributed by atoms with Crippen molar-refractivity contribution in [3.05, 3.63) is 95.1 Å². The zero-order valence-corrected chi connectivity index (χ0v) is 42.7. The Balaban J connectivity index is 0.000000151. The monoisotopic (exact) mass is 1100 g/mol. The predicted octanol–water partition coefficient (Wildman–Crippen LogP) is 3.90. The molecule has 4 N–H and O–H groups in total. The van der Waals surface area contributed by atoms with Crippen molar-refractivity contribution in [3.8, 4) is 0 Å². The first-order chi connectivity index (χ1) is 38.4. The first-order valence-corrected chi connectivity index (χ1v) is 25.5. The van der Waals surface area contributed by atoms with Gasteiger partial charge in [0.2, 0.25) is 34.8 Å². The van der Waals surface area contributed by atoms with E-state index in [1.165, 1.54) is 9.80 Å². The van der Waals surface area contributed by atoms with E-state index in [-0.39, 0.29) is 96.3 Å². The molecule has 12 heterocycles. The third-order valence-electron chi connectivity index (χ3n) is 16.2. The highest BCUT2D eigenvalue weighted by Crippen LogP contribution is 2.53. The second-order valence-electron chi connectivity index (χ2n) is 20.9. The van der Waals surface area contributed by atoms with Gasteiger partial charge in [0, 0.05) is 38.3 Å². The number of pyridine rings is 2. The third kappa shape index (κ3) is 7.26. The molecule has 8 aliphatic rings. The summed E-state index contributed by atoms with van der Waals surface area (Å²) in [4.78, 5) is 118. The van der Waals surface area contributed by atoms with Crippen LogP contribution in [-0.2, 0) is 51.0 Å². The van der Waals surface area contributed by atoms with Crippen LogP contribution in [0.3, 0.4) is 0 Å². The van der Waals surface area contributed by atoms with Crippen LogP contribution in [0.4, 0.5) is 51.0 Å². The molecule has 8 aliphatic heterocycles. The maximum absolute atomic E-state index is 16.4. The first-order valence-electron chi connectivity index (χ1n) is 25.5. The number of rotatable bonds is 4. The van der Waals surface area contributed by atoms with Crippen LogP contribution in [0.5, 0.6) is 0 Å². The van der Waals surface area contributed by atoms with Gasteiger partial charge >= 0.3 is 24.2 Å². The molecule has 4 aromatic heterocycles. The molecule has 0 unspecified atom stereocenters. The minimum Gasteiger partial charge on any atom is -0.446 e. The number of imide groups is 4. The summed E-state index contributed by atoms with van der Waals surface area (Å²) in [6.45, 7) is 7.36. The van der Waals surface area contributed by atoms with Gasteiger partial charge in [-0.1, -0.05) is 22.4 Å². The maximum atomic E-state index is 16.4. The second-order valence-corrected chi connectivity index (χ2v) is 20.9. The fourth-order valence-electron chi connectivity index (χ4n) is 13.1. The number of anilines is 4. The third-order valence-corrected chi connectivity index (χ3v) is 16.2. The molecule has 0 radical (unpaired) electrons. The number of barbiturate groups is 2. The summed E-state index contributed by atoms with van der Waals surface area (Å²) in [6.07, 6.45) is -0.766. The van der Waals surface area contributed by atoms with Crippen molar-refractivity contribution in [2.45, 2.75) is 89.1 Å². The molecule has 26 nitrogen and oxygen atoms in total. The molecule has 0 saturated carbocycles. The van der Waals surface area contributed by atoms with Gasteiger partial charge in [-0.3, -0.25) is 50.4 Å². The van der Waals surface area contributed by atoms with Crippen molar-refractivity contribution in [1.82, 2.24) is 41.5 Å². The molecule has 10 amide bonds. The summed E-state index contributed by atoms with van der Waals surface area (Å²) in [7, 11) is 0. The Morgan fingerprint density at radius 2 is 0.950 bits per heavy atom. The Morgan fingerprint density at radius 1 is 0.562 bits per heavy atom. The molecule has 6 fully saturated rings. The van der Waals surface area contributed by atoms with E-state index < -0.39 is 107 Å². The number of halogens is 2. The van der Waals surface area contributed by atoms with Crippen molar-refractivity contribution >= 4 is 92.8 Å². The molecule has 2 aromatic carbocycles. The number of nitrogens with zero attached hydrogens (tertiary/aromatic N) is 8. The fraction of sp³-hybridized carbons (Fsp3) is 0.385. The lowest BCUT2D eigenvalue weighted by Crippen LogP contribution is -2.75. The Morgan fingerprint density at radius 3 is 1.31 bits per heavy atom. The number of ether oxygens (including phenoxy) is 4. The SMILES string of the molecule is C[C@@H]1CN2c3c(cc4c(N5C(=O)OC[C@@H]5c5ccccn5)noc4c3F)CC3(C(=O)NC(=O)NC3=O)[C@H]2[C@H](C)O1.C[C@@H]1CN2c3c(cc4c(N5C(=O)OC[C@H]5c5ccccn5)noc4c3F)CC3(C(=O)NC(=O)NC3=O)[C@H]2[C@H](C)O1. The quantitative estimate of drug-likeness (QED) is 0.182. The Kier molecular flexibility index (Phi) is 11.4. The van der Waals surface area contributed by atoms with E-state index in [4.69, 9.17) is 28.0 Å². The highest BCUT2D eigenvalue weighted by Gasteiger charge is 2.65. The summed E-state index contributed by atoms with van der Waals surface area (Å²) in [5.74, 6) is -4.64. The van der Waals surface area contributed by atoms with E-state index in [0.29, 0.717) is 22.5 Å². The Hall–Kier alpha value is -9.18. The van der Waals surface area contributed by atoms with Crippen molar-refractivity contribution in [2.24, 2.45) is 10.8 Å². The van der Waals surface area contributed by atoms with Crippen LogP contribution in [-0.4, -0.2) is 131 Å². The number of hydrogen-bond acceptors (Lipinski definition) is 20. The number of nitrogens with one attached hydrogen (secondary N) is 4. The fourth-order valence-corrected chi connectivity index (χ4v) is 13.1. The highest BCUT2D eigenvalue weighted by atomic mass is 19.1. The number of carbonyl (C=O) groups excluding carboxylic acids is 8. The van der Waals surface area contributed by atoms with Gasteiger partial charge in [-0.05, 0) is 75.2 Å². The maximum Gasteiger partial charge on any atom is 0.416 e. The van der Waals surface area contributed by atoms with Crippen molar-refractivity contribution in [2.75, 3.05) is 45.9 Å². The highest BCUT2D eigenvalue weighted by molar-refractivity contribution is 6.22. The zero-order chi connectivity index (χ0) is 55.8. The smallest absolute Gasteiger partial charge is 0.416 e. The predicted molar refractivity (Wildman–Crippen MR) is 267 cm³/mol. The molecule has 14 rings (SSSR count). The van der Waals surface area contributed by atoms with Gasteiger partial charge in [0.15, 0.2) is 34.1 Å². The molecule has 0 aliphatic carbocycles. The number of benzene rings is 2. The average Bonchev–Trinajstić information content (AvgIpc) is 4.37. The van der Waals surface area contributed by atoms with E-state index in [0.717, 1.165) is 0 Å². The minimum atomic E-state index is -1.79. The summed E-state index contributed by atoms with van der Waals surface area (Å²) in [5, 5.41) is 17.2. The van der Waals surface area contributed by atoms with Crippen LogP contribution < -0.4 is 40.9 Å². The average molecular weight is 1100 g/mol. The van der Waals surface area contributed by atoms with Crippen molar-refractivity contribution in [3.63, 3.8) is 0 Å². The molecule has 6 aromatic rings. The van der Waals surface area contributed by atoms with Gasteiger partial charge in [0.05, 0.1) is 70.0 Å². The van der Waals surface area contributed by atoms with E-state index in [1.807, 2.05) is 0 Å². The summed E-state index contributed by atoms with van der Waals surface area (Å²) < 4.78 is 66.2. The van der Waals surface area contributed by atoms with Gasteiger partial charge in [-0.2, -0.15) is 0 Å². The first kappa shape index (κ1) is 50.3. The number of fused-ring (bicyclic) bond motifs is 10. The zero-order valence-electron chi connectivity index (χ0n) is 42.7. The number of amides is 10. The molecule has 0 bridgehead atoms. The molecular formula is C52H46F2N12O14. The molecule has 6 saturated heterocycles. The number of carbonyl (C=O) groups is 8. The normalized spacial score (nSPS) is 27.4. The van der Waals surface area contributed by atoms with E-state index in [2.05, 4.69) is 41.5 Å². The van der Waals surface area contributed by atoms with Gasteiger partial charge in [0.25, 0.3) is 0 Å². The van der Waals surface area contributed by atoms with Crippen LogP contribution >= 0.6 is 0 Å². The topological polar surface area (TPSA) is 312 Å². The molecule has 8 atom stereocenters. The van der Waals surface area contributed by atoms with E-state index in [1.54, 1.807) is 98.4 Å². The largest absolute Gasteiger partial charge is 0.446 e. The second kappa shape index (κ2) is 18.2. The standard InChI is InChI=1S/2C26H23FN6O7/c2*1-11-9-32-18-13(8-26(20(32)12(2)39-11)22(34)29-24(36)30-23(26)35)7-14-19(17(18)27)40-31-21(14)33-16(10-38-25(33)37)15-5-3-4-6-28-15/h2*3-7,11-12,16,20H,8-10H2,1-2H3,(H2,29,30,34,35,36)/t11-,12+,16+,20-;11-,12+,16-,20-/m11/s1. The number of morpholine rings is 2. The van der Waals surface area contributed by atoms with Crippen LogP contribution in [0, 0.1) is 22.5 Å². The number of hydrogen-bond donors (Lipinski definition) is 4. The van der Waals surface area contributed by atoms with Gasteiger partial charge in [0.1, 0.15) is 25.3 Å². The van der Waals surface area contributed by atoms with Crippen LogP contribution in [0.2, 0.25) is 0 Å². The van der Waals surface area contributed by atoms with E-state index >= 15 is 8.78 Å². The summed E-state index contributed by atoms with van der Waals surface area (Å²) >= 11 is 0. The van der Waals surface area contributed by atoms with Crippen LogP contribution in [0.15, 0.2) is 70.0 Å². The molecule has 28 heteroatoms. The molecule has 2 spiro atoms. The van der Waals surface area contributed by atoms with E-state index in [9.17, 15) is 38.4 Å². The minimum absolute atomic E-state index is 0.000337. The number of urea groups is 2. The summed E-state index contributed by atoms with van der Waals surface area (Å²) in [5.41, 5.74) is -1.96.